The highest BCUT2D eigenvalue weighted by molar-refractivity contribution is 7.97. The van der Waals surface area contributed by atoms with E-state index in [0.29, 0.717) is 0 Å². The van der Waals surface area contributed by atoms with Gasteiger partial charge >= 0.3 is 7.57 Å². The second-order valence-corrected chi connectivity index (χ2v) is 10.1. The monoisotopic (exact) mass is 325 g/mol. The van der Waals surface area contributed by atoms with Crippen LogP contribution in [0.15, 0.2) is 0 Å². The molecule has 0 aliphatic heterocycles. The zero-order chi connectivity index (χ0) is 16.6. The van der Waals surface area contributed by atoms with Crippen LogP contribution < -0.4 is 0 Å². The number of rotatable bonds is 4. The molecule has 1 rings (SSSR count). The fourth-order valence-electron chi connectivity index (χ4n) is 1.31. The van der Waals surface area contributed by atoms with Crippen molar-refractivity contribution in [1.82, 2.24) is 0 Å². The second-order valence-electron chi connectivity index (χ2n) is 5.96. The van der Waals surface area contributed by atoms with E-state index in [1.165, 1.54) is 0 Å². The van der Waals surface area contributed by atoms with Gasteiger partial charge in [-0.25, -0.2) is 22.0 Å². The van der Waals surface area contributed by atoms with Crippen molar-refractivity contribution in [1.29, 1.82) is 0 Å². The third kappa shape index (κ3) is 3.75. The fourth-order valence-corrected chi connectivity index (χ4v) is 2.17. The molecule has 0 fully saturated rings. The summed E-state index contributed by atoms with van der Waals surface area (Å²) in [5.41, 5.74) is -0.986. The lowest BCUT2D eigenvalue weighted by Crippen LogP contribution is -2.23. The lowest BCUT2D eigenvalue weighted by molar-refractivity contribution is 0.155. The van der Waals surface area contributed by atoms with Gasteiger partial charge in [-0.2, -0.15) is 0 Å². The molecule has 0 aliphatic rings. The van der Waals surface area contributed by atoms with Crippen LogP contribution in [0.4, 0.5) is 22.0 Å². The van der Waals surface area contributed by atoms with Crippen LogP contribution in [-0.2, 0) is 11.3 Å². The topological polar surface area (TPSA) is 9.23 Å². The van der Waals surface area contributed by atoms with E-state index in [0.717, 1.165) is 0 Å². The minimum absolute atomic E-state index is 0.00992. The Kier molecular flexibility index (Phi) is 5.43. The Morgan fingerprint density at radius 2 is 1.29 bits per heavy atom. The van der Waals surface area contributed by atoms with Gasteiger partial charge in [0.05, 0.1) is 17.3 Å². The van der Waals surface area contributed by atoms with Gasteiger partial charge in [-0.15, -0.1) is 0 Å². The van der Waals surface area contributed by atoms with Gasteiger partial charge in [0.2, 0.25) is 5.82 Å². The first-order chi connectivity index (χ1) is 9.40. The molecule has 1 aromatic rings. The van der Waals surface area contributed by atoms with Crippen molar-refractivity contribution < 1.29 is 26.7 Å². The maximum Gasteiger partial charge on any atom is 0.368 e. The van der Waals surface area contributed by atoms with Crippen molar-refractivity contribution in [3.63, 3.8) is 0 Å². The van der Waals surface area contributed by atoms with Crippen LogP contribution in [0.1, 0.15) is 26.3 Å². The van der Waals surface area contributed by atoms with E-state index >= 15 is 0 Å². The molecule has 8 heteroatoms. The van der Waals surface area contributed by atoms with Crippen LogP contribution in [0.2, 0.25) is 0 Å². The molecule has 0 saturated heterocycles. The summed E-state index contributed by atoms with van der Waals surface area (Å²) in [5, 5.41) is -0.261. The number of hydrogen-bond acceptors (Lipinski definition) is 1. The standard InChI is InChI=1S/C13H16BF5OP/c1-13(2,3)21(4,14)6-20-5-7-8(15)10(17)12(19)11(18)9(7)16/h5-6H2,1-4H3/q+1. The summed E-state index contributed by atoms with van der Waals surface area (Å²) in [7, 11) is 4.05. The normalized spacial score (nSPS) is 15.1. The summed E-state index contributed by atoms with van der Waals surface area (Å²) in [6.45, 7) is 6.73. The molecule has 0 saturated carbocycles. The van der Waals surface area contributed by atoms with E-state index < -0.39 is 48.4 Å². The lowest BCUT2D eigenvalue weighted by Gasteiger charge is -2.32. The van der Waals surface area contributed by atoms with Crippen molar-refractivity contribution in [2.24, 2.45) is 0 Å². The van der Waals surface area contributed by atoms with E-state index in [9.17, 15) is 22.0 Å². The van der Waals surface area contributed by atoms with Gasteiger partial charge in [-0.3, -0.25) is 0 Å². The largest absolute Gasteiger partial charge is 0.368 e. The van der Waals surface area contributed by atoms with E-state index in [1.807, 2.05) is 20.8 Å². The summed E-state index contributed by atoms with van der Waals surface area (Å²) < 4.78 is 70.9. The lowest BCUT2D eigenvalue weighted by atomic mass is 10.2. The number of hydrogen-bond donors (Lipinski definition) is 0. The van der Waals surface area contributed by atoms with Crippen LogP contribution in [0.25, 0.3) is 0 Å². The first-order valence-electron chi connectivity index (χ1n) is 6.12. The van der Waals surface area contributed by atoms with Crippen LogP contribution >= 0.6 is 7.14 Å². The molecule has 0 heterocycles. The third-order valence-electron chi connectivity index (χ3n) is 3.44. The van der Waals surface area contributed by atoms with Crippen LogP contribution in [0.3, 0.4) is 0 Å². The molecule has 21 heavy (non-hydrogen) atoms. The summed E-state index contributed by atoms with van der Waals surface area (Å²) in [6, 6.07) is 0. The Morgan fingerprint density at radius 3 is 1.67 bits per heavy atom. The number of benzene rings is 1. The van der Waals surface area contributed by atoms with Gasteiger partial charge in [0, 0.05) is 6.66 Å². The number of halogens is 5. The molecular formula is C13H16BF5OP+. The van der Waals surface area contributed by atoms with Crippen LogP contribution in [-0.4, -0.2) is 25.7 Å². The molecule has 1 aromatic carbocycles. The maximum atomic E-state index is 13.4. The Balaban J connectivity index is 2.92. The molecule has 2 radical (unpaired) electrons. The molecule has 0 amide bonds. The van der Waals surface area contributed by atoms with E-state index in [4.69, 9.17) is 12.3 Å². The van der Waals surface area contributed by atoms with E-state index in [2.05, 4.69) is 0 Å². The molecule has 116 valence electrons. The molecule has 0 aromatic heterocycles. The Bertz CT molecular complexity index is 513. The molecule has 1 nitrogen and oxygen atoms in total. The van der Waals surface area contributed by atoms with Gasteiger partial charge < -0.3 is 4.74 Å². The van der Waals surface area contributed by atoms with Crippen molar-refractivity contribution >= 4 is 14.7 Å². The van der Waals surface area contributed by atoms with Crippen LogP contribution in [0, 0.1) is 29.1 Å². The Morgan fingerprint density at radius 1 is 0.905 bits per heavy atom. The highest BCUT2D eigenvalue weighted by Gasteiger charge is 2.40. The van der Waals surface area contributed by atoms with Gasteiger partial charge in [0.15, 0.2) is 23.3 Å². The molecular weight excluding hydrogens is 309 g/mol. The highest BCUT2D eigenvalue weighted by atomic mass is 31.2. The zero-order valence-corrected chi connectivity index (χ0v) is 13.1. The molecule has 0 N–H and O–H groups in total. The molecule has 1 unspecified atom stereocenters. The Hall–Kier alpha value is -0.675. The van der Waals surface area contributed by atoms with Crippen molar-refractivity contribution in [3.8, 4) is 0 Å². The van der Waals surface area contributed by atoms with Gasteiger partial charge in [-0.05, 0) is 27.9 Å². The van der Waals surface area contributed by atoms with Crippen molar-refractivity contribution in [3.05, 3.63) is 34.6 Å². The van der Waals surface area contributed by atoms with Gasteiger partial charge in [0.1, 0.15) is 6.35 Å². The van der Waals surface area contributed by atoms with E-state index in [-0.39, 0.29) is 11.5 Å². The third-order valence-corrected chi connectivity index (χ3v) is 7.22. The fraction of sp³-hybridized carbons (Fsp3) is 0.538. The summed E-state index contributed by atoms with van der Waals surface area (Å²) in [4.78, 5) is 0. The average Bonchev–Trinajstić information content (AvgIpc) is 2.36. The maximum absolute atomic E-state index is 13.4. The minimum atomic E-state index is -2.18. The quantitative estimate of drug-likeness (QED) is 0.262. The van der Waals surface area contributed by atoms with Gasteiger partial charge in [0.25, 0.3) is 0 Å². The van der Waals surface area contributed by atoms with Crippen LogP contribution in [0.5, 0.6) is 0 Å². The molecule has 1 atom stereocenters. The Labute approximate surface area is 122 Å². The highest BCUT2D eigenvalue weighted by Crippen LogP contribution is 2.61. The van der Waals surface area contributed by atoms with Crippen molar-refractivity contribution in [2.45, 2.75) is 32.5 Å². The molecule has 0 aliphatic carbocycles. The van der Waals surface area contributed by atoms with E-state index in [1.54, 1.807) is 6.66 Å². The smallest absolute Gasteiger partial charge is 0.343 e. The average molecular weight is 325 g/mol. The SMILES string of the molecule is [B][P+](C)(COCc1c(F)c(F)c(F)c(F)c1F)C(C)(C)C. The molecule has 0 spiro atoms. The zero-order valence-electron chi connectivity index (χ0n) is 12.2. The predicted molar refractivity (Wildman–Crippen MR) is 74.2 cm³/mol. The van der Waals surface area contributed by atoms with Crippen molar-refractivity contribution in [2.75, 3.05) is 13.0 Å². The predicted octanol–water partition coefficient (Wildman–Crippen LogP) is 4.39. The molecule has 0 bridgehead atoms. The summed E-state index contributed by atoms with van der Waals surface area (Å²) in [6.07, 6.45) is 0.00992. The number of ether oxygens (including phenoxy) is 1. The first-order valence-corrected chi connectivity index (χ1v) is 8.61. The first kappa shape index (κ1) is 18.4. The summed E-state index contributed by atoms with van der Waals surface area (Å²) in [5.74, 6) is -9.89. The minimum Gasteiger partial charge on any atom is -0.343 e. The summed E-state index contributed by atoms with van der Waals surface area (Å²) >= 11 is 0. The second kappa shape index (κ2) is 6.21. The van der Waals surface area contributed by atoms with Gasteiger partial charge in [-0.1, -0.05) is 0 Å².